The molecule has 3 rings (SSSR count). The van der Waals surface area contributed by atoms with Crippen LogP contribution in [0.2, 0.25) is 0 Å². The summed E-state index contributed by atoms with van der Waals surface area (Å²) in [6.45, 7) is 7.03. The van der Waals surface area contributed by atoms with Crippen molar-refractivity contribution in [1.29, 1.82) is 0 Å². The van der Waals surface area contributed by atoms with Crippen LogP contribution < -0.4 is 21.3 Å². The highest BCUT2D eigenvalue weighted by molar-refractivity contribution is 4.92. The first kappa shape index (κ1) is 20.6. The maximum atomic E-state index is 4.04. The van der Waals surface area contributed by atoms with Crippen molar-refractivity contribution >= 4 is 0 Å². The fourth-order valence-corrected chi connectivity index (χ4v) is 5.45. The van der Waals surface area contributed by atoms with Gasteiger partial charge in [0.05, 0.1) is 0 Å². The molecule has 6 atom stereocenters. The Kier molecular flexibility index (Phi) is 8.70. The second-order valence-electron chi connectivity index (χ2n) is 9.02. The molecule has 0 amide bonds. The Balaban J connectivity index is 1.65. The van der Waals surface area contributed by atoms with Crippen LogP contribution in [0.3, 0.4) is 0 Å². The lowest BCUT2D eigenvalue weighted by atomic mass is 9.88. The summed E-state index contributed by atoms with van der Waals surface area (Å²) in [5.74, 6) is 0. The van der Waals surface area contributed by atoms with E-state index in [9.17, 15) is 0 Å². The highest BCUT2D eigenvalue weighted by Gasteiger charge is 2.29. The lowest BCUT2D eigenvalue weighted by Crippen LogP contribution is -2.56. The first-order valence-corrected chi connectivity index (χ1v) is 11.8. The highest BCUT2D eigenvalue weighted by Crippen LogP contribution is 2.22. The molecule has 0 radical (unpaired) electrons. The summed E-state index contributed by atoms with van der Waals surface area (Å²) in [5.41, 5.74) is 0. The Morgan fingerprint density at radius 3 is 1.31 bits per heavy atom. The van der Waals surface area contributed by atoms with E-state index in [4.69, 9.17) is 0 Å². The molecule has 4 nitrogen and oxygen atoms in total. The van der Waals surface area contributed by atoms with Gasteiger partial charge in [0.25, 0.3) is 0 Å². The summed E-state index contributed by atoms with van der Waals surface area (Å²) in [5, 5.41) is 16.0. The molecular formula is C22H44N4. The van der Waals surface area contributed by atoms with Gasteiger partial charge in [-0.3, -0.25) is 0 Å². The van der Waals surface area contributed by atoms with Crippen LogP contribution in [-0.4, -0.2) is 49.3 Å². The predicted octanol–water partition coefficient (Wildman–Crippen LogP) is 3.32. The molecule has 1 aliphatic heterocycles. The normalized spacial score (nSPS) is 40.8. The smallest absolute Gasteiger partial charge is 0.0223 e. The summed E-state index contributed by atoms with van der Waals surface area (Å²) >= 11 is 0. The second kappa shape index (κ2) is 11.0. The van der Waals surface area contributed by atoms with Crippen LogP contribution in [0.1, 0.15) is 90.9 Å². The first-order valence-electron chi connectivity index (χ1n) is 11.8. The monoisotopic (exact) mass is 364 g/mol. The van der Waals surface area contributed by atoms with Crippen LogP contribution in [0.25, 0.3) is 0 Å². The Hall–Kier alpha value is -0.160. The zero-order valence-corrected chi connectivity index (χ0v) is 17.4. The van der Waals surface area contributed by atoms with Crippen LogP contribution in [-0.2, 0) is 0 Å². The average molecular weight is 365 g/mol. The van der Waals surface area contributed by atoms with Gasteiger partial charge in [-0.05, 0) is 64.5 Å². The fraction of sp³-hybridized carbons (Fsp3) is 1.00. The molecule has 0 aromatic rings. The first-order chi connectivity index (χ1) is 12.8. The van der Waals surface area contributed by atoms with Crippen molar-refractivity contribution < 1.29 is 0 Å². The number of fused-ring (bicyclic) bond motifs is 2. The van der Waals surface area contributed by atoms with Crippen molar-refractivity contribution in [2.75, 3.05) is 13.1 Å². The summed E-state index contributed by atoms with van der Waals surface area (Å²) in [4.78, 5) is 0. The number of nitrogens with one attached hydrogen (secondary N) is 4. The molecule has 0 unspecified atom stereocenters. The molecule has 0 spiro atoms. The maximum absolute atomic E-state index is 4.04. The van der Waals surface area contributed by atoms with Crippen molar-refractivity contribution in [3.63, 3.8) is 0 Å². The van der Waals surface area contributed by atoms with Crippen molar-refractivity contribution in [1.82, 2.24) is 21.3 Å². The third-order valence-electron chi connectivity index (χ3n) is 7.22. The minimum absolute atomic E-state index is 0.663. The van der Waals surface area contributed by atoms with E-state index in [0.717, 1.165) is 13.1 Å². The number of hydrogen-bond donors (Lipinski definition) is 4. The van der Waals surface area contributed by atoms with Crippen LogP contribution in [0.15, 0.2) is 0 Å². The molecule has 0 aromatic heterocycles. The Bertz CT molecular complexity index is 352. The SMILES string of the molecule is CC[C@H]1CCN[C@@H]2CCCC[C@H]2N[C@H](CC)CCN[C@H]2CCCC[C@@H]2N1. The molecule has 1 heterocycles. The van der Waals surface area contributed by atoms with Gasteiger partial charge >= 0.3 is 0 Å². The molecule has 4 heteroatoms. The highest BCUT2D eigenvalue weighted by atomic mass is 15.1. The molecule has 3 fully saturated rings. The Morgan fingerprint density at radius 1 is 0.538 bits per heavy atom. The summed E-state index contributed by atoms with van der Waals surface area (Å²) in [6, 6.07) is 4.02. The van der Waals surface area contributed by atoms with E-state index in [-0.39, 0.29) is 0 Å². The van der Waals surface area contributed by atoms with Gasteiger partial charge in [-0.1, -0.05) is 39.5 Å². The minimum Gasteiger partial charge on any atom is -0.312 e. The summed E-state index contributed by atoms with van der Waals surface area (Å²) in [6.07, 6.45) is 16.0. The summed E-state index contributed by atoms with van der Waals surface area (Å²) in [7, 11) is 0. The van der Waals surface area contributed by atoms with Gasteiger partial charge in [0.1, 0.15) is 0 Å². The van der Waals surface area contributed by atoms with E-state index >= 15 is 0 Å². The van der Waals surface area contributed by atoms with Gasteiger partial charge in [0.2, 0.25) is 0 Å². The van der Waals surface area contributed by atoms with Crippen LogP contribution in [0.4, 0.5) is 0 Å². The lowest BCUT2D eigenvalue weighted by molar-refractivity contribution is 0.225. The molecule has 2 aliphatic carbocycles. The van der Waals surface area contributed by atoms with E-state index in [1.165, 1.54) is 77.0 Å². The van der Waals surface area contributed by atoms with Gasteiger partial charge in [0, 0.05) is 36.3 Å². The molecule has 0 bridgehead atoms. The van der Waals surface area contributed by atoms with Crippen molar-refractivity contribution in [2.45, 2.75) is 127 Å². The largest absolute Gasteiger partial charge is 0.312 e. The van der Waals surface area contributed by atoms with E-state index in [0.29, 0.717) is 36.3 Å². The quantitative estimate of drug-likeness (QED) is 0.607. The van der Waals surface area contributed by atoms with Gasteiger partial charge < -0.3 is 21.3 Å². The fourth-order valence-electron chi connectivity index (χ4n) is 5.45. The van der Waals surface area contributed by atoms with Crippen molar-refractivity contribution in [2.24, 2.45) is 0 Å². The molecule has 1 saturated heterocycles. The van der Waals surface area contributed by atoms with Crippen molar-refractivity contribution in [3.05, 3.63) is 0 Å². The van der Waals surface area contributed by atoms with Gasteiger partial charge in [-0.2, -0.15) is 0 Å². The standard InChI is InChI=1S/C22H44N4/c1-3-17-13-15-23-20-10-6-8-12-22(20)26-18(4-2)14-16-24-19-9-5-7-11-21(19)25-17/h17-26H,3-16H2,1-2H3/t17-,18+,19-,20+,21-,22+. The van der Waals surface area contributed by atoms with E-state index in [2.05, 4.69) is 35.1 Å². The Labute approximate surface area is 162 Å². The van der Waals surface area contributed by atoms with E-state index in [1.54, 1.807) is 0 Å². The number of hydrogen-bond acceptors (Lipinski definition) is 4. The third-order valence-corrected chi connectivity index (χ3v) is 7.22. The predicted molar refractivity (Wildman–Crippen MR) is 112 cm³/mol. The van der Waals surface area contributed by atoms with Crippen molar-refractivity contribution in [3.8, 4) is 0 Å². The molecule has 4 N–H and O–H groups in total. The van der Waals surface area contributed by atoms with Crippen LogP contribution >= 0.6 is 0 Å². The minimum atomic E-state index is 0.663. The number of rotatable bonds is 2. The molecular weight excluding hydrogens is 320 g/mol. The zero-order chi connectivity index (χ0) is 18.2. The average Bonchev–Trinajstić information content (AvgIpc) is 2.68. The van der Waals surface area contributed by atoms with E-state index < -0.39 is 0 Å². The third kappa shape index (κ3) is 5.92. The van der Waals surface area contributed by atoms with Gasteiger partial charge in [0.15, 0.2) is 0 Å². The molecule has 152 valence electrons. The molecule has 2 saturated carbocycles. The summed E-state index contributed by atoms with van der Waals surface area (Å²) < 4.78 is 0. The zero-order valence-electron chi connectivity index (χ0n) is 17.4. The topological polar surface area (TPSA) is 48.1 Å². The van der Waals surface area contributed by atoms with E-state index in [1.807, 2.05) is 0 Å². The Morgan fingerprint density at radius 2 is 0.923 bits per heavy atom. The molecule has 3 aliphatic rings. The second-order valence-corrected chi connectivity index (χ2v) is 9.02. The van der Waals surface area contributed by atoms with Gasteiger partial charge in [-0.25, -0.2) is 0 Å². The molecule has 26 heavy (non-hydrogen) atoms. The lowest BCUT2D eigenvalue weighted by Gasteiger charge is -2.39. The molecule has 0 aromatic carbocycles. The maximum Gasteiger partial charge on any atom is 0.0223 e. The van der Waals surface area contributed by atoms with Gasteiger partial charge in [-0.15, -0.1) is 0 Å². The van der Waals surface area contributed by atoms with Crippen LogP contribution in [0.5, 0.6) is 0 Å². The van der Waals surface area contributed by atoms with Crippen LogP contribution in [0, 0.1) is 0 Å².